The van der Waals surface area contributed by atoms with E-state index in [1.165, 1.54) is 0 Å². The second kappa shape index (κ2) is 3.70. The third kappa shape index (κ3) is 2.39. The number of nitrogens with two attached hydrogens (primary N) is 1. The van der Waals surface area contributed by atoms with Crippen LogP contribution in [0.4, 0.5) is 5.69 Å². The molecule has 0 bridgehead atoms. The van der Waals surface area contributed by atoms with Crippen molar-refractivity contribution in [3.05, 3.63) is 18.2 Å². The van der Waals surface area contributed by atoms with Gasteiger partial charge in [0, 0.05) is 6.61 Å². The molecular weight excluding hydrogens is 166 g/mol. The summed E-state index contributed by atoms with van der Waals surface area (Å²) in [5, 5.41) is 0. The average molecular weight is 181 g/mol. The van der Waals surface area contributed by atoms with Gasteiger partial charge in [-0.1, -0.05) is 0 Å². The van der Waals surface area contributed by atoms with Crippen LogP contribution in [0.25, 0.3) is 0 Å². The molecule has 1 aromatic heterocycles. The monoisotopic (exact) mass is 181 g/mol. The van der Waals surface area contributed by atoms with Crippen molar-refractivity contribution in [1.82, 2.24) is 9.97 Å². The highest BCUT2D eigenvalue weighted by Crippen LogP contribution is 2.20. The zero-order valence-electron chi connectivity index (χ0n) is 8.24. The van der Waals surface area contributed by atoms with Crippen molar-refractivity contribution in [2.45, 2.75) is 26.4 Å². The van der Waals surface area contributed by atoms with E-state index in [0.717, 1.165) is 0 Å². The predicted molar refractivity (Wildman–Crippen MR) is 51.1 cm³/mol. The lowest BCUT2D eigenvalue weighted by molar-refractivity contribution is -0.0207. The Kier molecular flexibility index (Phi) is 2.83. The molecule has 1 rings (SSSR count). The molecule has 0 unspecified atom stereocenters. The Bertz CT molecular complexity index is 269. The average Bonchev–Trinajstić information content (AvgIpc) is 2.05. The van der Waals surface area contributed by atoms with E-state index < -0.39 is 5.60 Å². The summed E-state index contributed by atoms with van der Waals surface area (Å²) in [7, 11) is 0. The zero-order valence-corrected chi connectivity index (χ0v) is 8.24. The Labute approximate surface area is 78.1 Å². The maximum absolute atomic E-state index is 5.49. The molecule has 4 heteroatoms. The quantitative estimate of drug-likeness (QED) is 0.764. The van der Waals surface area contributed by atoms with E-state index in [2.05, 4.69) is 9.97 Å². The van der Waals surface area contributed by atoms with Crippen LogP contribution in [0.5, 0.6) is 0 Å². The summed E-state index contributed by atoms with van der Waals surface area (Å²) in [4.78, 5) is 8.21. The minimum Gasteiger partial charge on any atom is -0.396 e. The molecular formula is C9H15N3O. The molecule has 1 aromatic rings. The van der Waals surface area contributed by atoms with Crippen LogP contribution in [0.2, 0.25) is 0 Å². The van der Waals surface area contributed by atoms with Gasteiger partial charge in [-0.2, -0.15) is 0 Å². The van der Waals surface area contributed by atoms with Crippen molar-refractivity contribution in [1.29, 1.82) is 0 Å². The smallest absolute Gasteiger partial charge is 0.159 e. The standard InChI is InChI=1S/C9H15N3O/c1-4-13-9(2,3)8-11-5-7(10)6-12-8/h5-6H,4,10H2,1-3H3. The second-order valence-electron chi connectivity index (χ2n) is 3.28. The van der Waals surface area contributed by atoms with E-state index in [-0.39, 0.29) is 0 Å². The lowest BCUT2D eigenvalue weighted by Gasteiger charge is -2.22. The van der Waals surface area contributed by atoms with Crippen LogP contribution in [0.1, 0.15) is 26.6 Å². The maximum atomic E-state index is 5.49. The van der Waals surface area contributed by atoms with E-state index in [9.17, 15) is 0 Å². The number of hydrogen-bond donors (Lipinski definition) is 1. The molecule has 13 heavy (non-hydrogen) atoms. The lowest BCUT2D eigenvalue weighted by atomic mass is 10.1. The first-order chi connectivity index (χ1) is 6.06. The van der Waals surface area contributed by atoms with Gasteiger partial charge in [-0.05, 0) is 20.8 Å². The normalized spacial score (nSPS) is 11.6. The minimum absolute atomic E-state index is 0.442. The van der Waals surface area contributed by atoms with Crippen molar-refractivity contribution in [3.8, 4) is 0 Å². The molecule has 0 atom stereocenters. The topological polar surface area (TPSA) is 61.0 Å². The van der Waals surface area contributed by atoms with E-state index in [1.807, 2.05) is 20.8 Å². The molecule has 0 radical (unpaired) electrons. The van der Waals surface area contributed by atoms with E-state index >= 15 is 0 Å². The van der Waals surface area contributed by atoms with Crippen LogP contribution in [-0.2, 0) is 10.3 Å². The molecule has 0 saturated carbocycles. The van der Waals surface area contributed by atoms with Crippen LogP contribution in [-0.4, -0.2) is 16.6 Å². The first-order valence-electron chi connectivity index (χ1n) is 4.28. The van der Waals surface area contributed by atoms with Gasteiger partial charge in [0.2, 0.25) is 0 Å². The van der Waals surface area contributed by atoms with Crippen molar-refractivity contribution in [2.75, 3.05) is 12.3 Å². The van der Waals surface area contributed by atoms with E-state index in [4.69, 9.17) is 10.5 Å². The van der Waals surface area contributed by atoms with Crippen molar-refractivity contribution >= 4 is 5.69 Å². The van der Waals surface area contributed by atoms with Gasteiger partial charge < -0.3 is 10.5 Å². The molecule has 2 N–H and O–H groups in total. The number of hydrogen-bond acceptors (Lipinski definition) is 4. The highest BCUT2D eigenvalue weighted by atomic mass is 16.5. The highest BCUT2D eigenvalue weighted by molar-refractivity contribution is 5.30. The van der Waals surface area contributed by atoms with E-state index in [1.54, 1.807) is 12.4 Å². The van der Waals surface area contributed by atoms with Gasteiger partial charge >= 0.3 is 0 Å². The summed E-state index contributed by atoms with van der Waals surface area (Å²) in [6, 6.07) is 0. The van der Waals surface area contributed by atoms with E-state index in [0.29, 0.717) is 18.1 Å². The third-order valence-electron chi connectivity index (χ3n) is 1.72. The number of ether oxygens (including phenoxy) is 1. The van der Waals surface area contributed by atoms with Crippen molar-refractivity contribution in [2.24, 2.45) is 0 Å². The van der Waals surface area contributed by atoms with Crippen LogP contribution >= 0.6 is 0 Å². The Morgan fingerprint density at radius 1 is 1.38 bits per heavy atom. The summed E-state index contributed by atoms with van der Waals surface area (Å²) in [6.07, 6.45) is 3.17. The fourth-order valence-electron chi connectivity index (χ4n) is 1.07. The molecule has 0 aliphatic rings. The van der Waals surface area contributed by atoms with Gasteiger partial charge in [0.25, 0.3) is 0 Å². The lowest BCUT2D eigenvalue weighted by Crippen LogP contribution is -2.24. The summed E-state index contributed by atoms with van der Waals surface area (Å²) in [5.41, 5.74) is 5.60. The zero-order chi connectivity index (χ0) is 9.90. The van der Waals surface area contributed by atoms with Crippen molar-refractivity contribution in [3.63, 3.8) is 0 Å². The number of nitrogen functional groups attached to an aromatic ring is 1. The molecule has 0 amide bonds. The number of anilines is 1. The summed E-state index contributed by atoms with van der Waals surface area (Å²) >= 11 is 0. The first-order valence-corrected chi connectivity index (χ1v) is 4.28. The SMILES string of the molecule is CCOC(C)(C)c1ncc(N)cn1. The minimum atomic E-state index is -0.442. The summed E-state index contributed by atoms with van der Waals surface area (Å²) < 4.78 is 5.49. The summed E-state index contributed by atoms with van der Waals surface area (Å²) in [6.45, 7) is 6.45. The Balaban J connectivity index is 2.87. The molecule has 0 aliphatic carbocycles. The Hall–Kier alpha value is -1.16. The predicted octanol–water partition coefficient (Wildman–Crippen LogP) is 1.33. The van der Waals surface area contributed by atoms with Crippen LogP contribution < -0.4 is 5.73 Å². The number of aromatic nitrogens is 2. The highest BCUT2D eigenvalue weighted by Gasteiger charge is 2.23. The first kappa shape index (κ1) is 9.92. The fraction of sp³-hybridized carbons (Fsp3) is 0.556. The molecule has 4 nitrogen and oxygen atoms in total. The van der Waals surface area contributed by atoms with Gasteiger partial charge in [-0.25, -0.2) is 9.97 Å². The molecule has 0 saturated heterocycles. The van der Waals surface area contributed by atoms with Gasteiger partial charge in [0.1, 0.15) is 5.60 Å². The maximum Gasteiger partial charge on any atom is 0.159 e. The van der Waals surface area contributed by atoms with Gasteiger partial charge in [0.15, 0.2) is 5.82 Å². The Morgan fingerprint density at radius 2 is 1.92 bits per heavy atom. The fourth-order valence-corrected chi connectivity index (χ4v) is 1.07. The molecule has 0 aliphatic heterocycles. The molecule has 0 spiro atoms. The molecule has 0 aromatic carbocycles. The summed E-state index contributed by atoms with van der Waals surface area (Å²) in [5.74, 6) is 0.656. The van der Waals surface area contributed by atoms with Crippen LogP contribution in [0, 0.1) is 0 Å². The van der Waals surface area contributed by atoms with Gasteiger partial charge in [-0.3, -0.25) is 0 Å². The molecule has 1 heterocycles. The number of rotatable bonds is 3. The third-order valence-corrected chi connectivity index (χ3v) is 1.72. The van der Waals surface area contributed by atoms with Gasteiger partial charge in [0.05, 0.1) is 18.1 Å². The van der Waals surface area contributed by atoms with Crippen LogP contribution in [0.3, 0.4) is 0 Å². The largest absolute Gasteiger partial charge is 0.396 e. The van der Waals surface area contributed by atoms with Gasteiger partial charge in [-0.15, -0.1) is 0 Å². The second-order valence-corrected chi connectivity index (χ2v) is 3.28. The van der Waals surface area contributed by atoms with Crippen LogP contribution in [0.15, 0.2) is 12.4 Å². The molecule has 0 fully saturated rings. The van der Waals surface area contributed by atoms with Crippen molar-refractivity contribution < 1.29 is 4.74 Å². The number of nitrogens with zero attached hydrogens (tertiary/aromatic N) is 2. The Morgan fingerprint density at radius 3 is 2.38 bits per heavy atom. The molecule has 72 valence electrons.